The molecule has 4 unspecified atom stereocenters. The number of aromatic hydroxyl groups is 1. The average Bonchev–Trinajstić information content (AvgIpc) is 3.51. The van der Waals surface area contributed by atoms with Crippen molar-refractivity contribution < 1.29 is 24.9 Å². The number of carboxylic acid groups (broad SMARTS) is 1. The van der Waals surface area contributed by atoms with Gasteiger partial charge in [0.05, 0.1) is 16.7 Å². The summed E-state index contributed by atoms with van der Waals surface area (Å²) in [4.78, 5) is 14.5. The summed E-state index contributed by atoms with van der Waals surface area (Å²) < 4.78 is 8.51. The van der Waals surface area contributed by atoms with Crippen molar-refractivity contribution in [1.82, 2.24) is 9.47 Å². The number of benzene rings is 2. The number of aliphatic hydroxyl groups is 1. The van der Waals surface area contributed by atoms with E-state index in [-0.39, 0.29) is 18.3 Å². The molecule has 0 radical (unpaired) electrons. The van der Waals surface area contributed by atoms with Crippen molar-refractivity contribution in [3.05, 3.63) is 58.8 Å². The number of phenols is 1. The number of aliphatic carboxylic acids is 1. The number of para-hydroxylation sites is 1. The minimum Gasteiger partial charge on any atom is -0.504 e. The van der Waals surface area contributed by atoms with Gasteiger partial charge in [-0.2, -0.15) is 0 Å². The van der Waals surface area contributed by atoms with Crippen LogP contribution in [-0.4, -0.2) is 55.5 Å². The maximum absolute atomic E-state index is 12.9. The van der Waals surface area contributed by atoms with Gasteiger partial charge in [0.2, 0.25) is 0 Å². The molecule has 1 spiro atoms. The zero-order valence-corrected chi connectivity index (χ0v) is 19.4. The van der Waals surface area contributed by atoms with E-state index in [1.807, 2.05) is 34.9 Å². The van der Waals surface area contributed by atoms with Crippen molar-refractivity contribution in [2.75, 3.05) is 13.1 Å². The van der Waals surface area contributed by atoms with E-state index in [9.17, 15) is 20.1 Å². The maximum Gasteiger partial charge on any atom is 0.323 e. The fourth-order valence-corrected chi connectivity index (χ4v) is 8.11. The average molecular weight is 473 g/mol. The quantitative estimate of drug-likeness (QED) is 0.540. The Kier molecular flexibility index (Phi) is 3.69. The Morgan fingerprint density at radius 2 is 2.00 bits per heavy atom. The molecule has 180 valence electrons. The highest BCUT2D eigenvalue weighted by atomic mass is 16.5. The van der Waals surface area contributed by atoms with Gasteiger partial charge in [0, 0.05) is 35.5 Å². The number of ether oxygens (including phenoxy) is 1. The molecular weight excluding hydrogens is 444 g/mol. The number of hydrogen-bond acceptors (Lipinski definition) is 5. The van der Waals surface area contributed by atoms with Crippen molar-refractivity contribution in [3.63, 3.8) is 0 Å². The first-order chi connectivity index (χ1) is 16.9. The van der Waals surface area contributed by atoms with E-state index in [1.165, 1.54) is 12.8 Å². The lowest BCUT2D eigenvalue weighted by atomic mass is 9.49. The number of likely N-dealkylation sites (tertiary alicyclic amines) is 1. The molecule has 2 bridgehead atoms. The van der Waals surface area contributed by atoms with Crippen LogP contribution in [0, 0.1) is 5.92 Å². The Balaban J connectivity index is 1.43. The zero-order chi connectivity index (χ0) is 23.7. The van der Waals surface area contributed by atoms with Gasteiger partial charge in [0.25, 0.3) is 0 Å². The maximum atomic E-state index is 12.9. The molecule has 0 amide bonds. The fraction of sp³-hybridized carbons (Fsp3) is 0.464. The zero-order valence-electron chi connectivity index (χ0n) is 19.4. The second kappa shape index (κ2) is 6.39. The van der Waals surface area contributed by atoms with Crippen LogP contribution in [0.5, 0.6) is 11.5 Å². The highest BCUT2D eigenvalue weighted by Gasteiger charge is 2.73. The first-order valence-corrected chi connectivity index (χ1v) is 12.7. The predicted octanol–water partition coefficient (Wildman–Crippen LogP) is 3.13. The Bertz CT molecular complexity index is 1440. The second-order valence-corrected chi connectivity index (χ2v) is 11.3. The molecule has 1 saturated carbocycles. The lowest BCUT2D eigenvalue weighted by Gasteiger charge is -2.63. The van der Waals surface area contributed by atoms with Crippen LogP contribution in [0.1, 0.15) is 47.8 Å². The topological polar surface area (TPSA) is 95.2 Å². The summed E-state index contributed by atoms with van der Waals surface area (Å²) in [6.45, 7) is 1.71. The SMILES string of the molecule is O=C(O)Cn1c2c(c3ccccc31)CC1(O)C3Cc4ccc(O)c5c4C1(CCN3CC1CC1)C2O5. The third-order valence-corrected chi connectivity index (χ3v) is 9.62. The van der Waals surface area contributed by atoms with E-state index in [0.717, 1.165) is 65.1 Å². The van der Waals surface area contributed by atoms with Crippen molar-refractivity contribution in [1.29, 1.82) is 0 Å². The van der Waals surface area contributed by atoms with Gasteiger partial charge >= 0.3 is 5.97 Å². The van der Waals surface area contributed by atoms with Gasteiger partial charge in [-0.05, 0) is 61.4 Å². The molecule has 2 aromatic carbocycles. The molecule has 3 aliphatic carbocycles. The Morgan fingerprint density at radius 1 is 1.17 bits per heavy atom. The number of fused-ring (bicyclic) bond motifs is 4. The standard InChI is InChI=1S/C28H28N2O5/c31-20-8-7-16-11-21-28(34)12-18-17-3-1-2-4-19(17)30(14-22(32)33)24(18)26-27(28,23(16)25(20)35-26)9-10-29(21)13-15-5-6-15/h1-4,7-8,15,21,26,31,34H,5-6,9-14H2,(H,32,33). The largest absolute Gasteiger partial charge is 0.504 e. The van der Waals surface area contributed by atoms with E-state index in [2.05, 4.69) is 4.90 Å². The summed E-state index contributed by atoms with van der Waals surface area (Å²) in [5.74, 6) is 0.375. The predicted molar refractivity (Wildman–Crippen MR) is 128 cm³/mol. The summed E-state index contributed by atoms with van der Waals surface area (Å²) in [6.07, 6.45) is 3.88. The lowest BCUT2D eigenvalue weighted by molar-refractivity contribution is -0.173. The third-order valence-electron chi connectivity index (χ3n) is 9.62. The first kappa shape index (κ1) is 20.2. The van der Waals surface area contributed by atoms with Gasteiger partial charge in [-0.25, -0.2) is 0 Å². The number of piperidine rings is 1. The number of nitrogens with zero attached hydrogens (tertiary/aromatic N) is 2. The molecular formula is C28H28N2O5. The Morgan fingerprint density at radius 3 is 2.80 bits per heavy atom. The molecule has 3 N–H and O–H groups in total. The van der Waals surface area contributed by atoms with Gasteiger partial charge in [-0.3, -0.25) is 9.69 Å². The molecule has 7 heteroatoms. The molecule has 8 rings (SSSR count). The minimum absolute atomic E-state index is 0.0410. The van der Waals surface area contributed by atoms with Crippen molar-refractivity contribution in [2.45, 2.75) is 61.8 Å². The van der Waals surface area contributed by atoms with Gasteiger partial charge in [-0.15, -0.1) is 0 Å². The summed E-state index contributed by atoms with van der Waals surface area (Å²) in [7, 11) is 0. The van der Waals surface area contributed by atoms with Crippen LogP contribution >= 0.6 is 0 Å². The van der Waals surface area contributed by atoms with E-state index in [4.69, 9.17) is 4.74 Å². The number of phenolic OH excluding ortho intramolecular Hbond substituents is 1. The monoisotopic (exact) mass is 472 g/mol. The molecule has 2 fully saturated rings. The molecule has 1 saturated heterocycles. The molecule has 7 nitrogen and oxygen atoms in total. The smallest absolute Gasteiger partial charge is 0.323 e. The van der Waals surface area contributed by atoms with Crippen LogP contribution in [0.2, 0.25) is 0 Å². The van der Waals surface area contributed by atoms with Crippen molar-refractivity contribution in [2.24, 2.45) is 5.92 Å². The van der Waals surface area contributed by atoms with Crippen molar-refractivity contribution in [3.8, 4) is 11.5 Å². The highest BCUT2D eigenvalue weighted by molar-refractivity contribution is 5.88. The molecule has 1 aromatic heterocycles. The van der Waals surface area contributed by atoms with Crippen LogP contribution in [0.3, 0.4) is 0 Å². The van der Waals surface area contributed by atoms with Crippen LogP contribution < -0.4 is 4.74 Å². The Hall–Kier alpha value is -3.03. The van der Waals surface area contributed by atoms with E-state index in [1.54, 1.807) is 6.07 Å². The van der Waals surface area contributed by atoms with Crippen molar-refractivity contribution >= 4 is 16.9 Å². The van der Waals surface area contributed by atoms with E-state index in [0.29, 0.717) is 12.2 Å². The van der Waals surface area contributed by atoms with Gasteiger partial charge in [0.1, 0.15) is 6.54 Å². The Labute approximate surface area is 202 Å². The first-order valence-electron chi connectivity index (χ1n) is 12.7. The summed E-state index contributed by atoms with van der Waals surface area (Å²) >= 11 is 0. The van der Waals surface area contributed by atoms with Crippen LogP contribution in [0.4, 0.5) is 0 Å². The number of hydrogen-bond donors (Lipinski definition) is 3. The molecule has 2 aliphatic heterocycles. The number of carbonyl (C=O) groups is 1. The number of aromatic nitrogens is 1. The summed E-state index contributed by atoms with van der Waals surface area (Å²) in [6, 6.07) is 11.5. The fourth-order valence-electron chi connectivity index (χ4n) is 8.11. The summed E-state index contributed by atoms with van der Waals surface area (Å²) in [5, 5.41) is 34.5. The van der Waals surface area contributed by atoms with Crippen LogP contribution in [-0.2, 0) is 29.6 Å². The van der Waals surface area contributed by atoms with Gasteiger partial charge in [-0.1, -0.05) is 24.3 Å². The van der Waals surface area contributed by atoms with E-state index >= 15 is 0 Å². The van der Waals surface area contributed by atoms with Crippen LogP contribution in [0.15, 0.2) is 36.4 Å². The molecule has 4 atom stereocenters. The normalized spacial score (nSPS) is 32.3. The second-order valence-electron chi connectivity index (χ2n) is 11.3. The lowest BCUT2D eigenvalue weighted by Crippen LogP contribution is -2.74. The third kappa shape index (κ3) is 2.31. The highest BCUT2D eigenvalue weighted by Crippen LogP contribution is 2.69. The molecule has 35 heavy (non-hydrogen) atoms. The molecule has 3 heterocycles. The summed E-state index contributed by atoms with van der Waals surface area (Å²) in [5.41, 5.74) is 2.99. The van der Waals surface area contributed by atoms with Gasteiger partial charge in [0.15, 0.2) is 17.6 Å². The number of rotatable bonds is 4. The van der Waals surface area contributed by atoms with Crippen LogP contribution in [0.25, 0.3) is 10.9 Å². The molecule has 5 aliphatic rings. The minimum atomic E-state index is -1.07. The van der Waals surface area contributed by atoms with Gasteiger partial charge < -0.3 is 24.6 Å². The number of carboxylic acids is 1. The van der Waals surface area contributed by atoms with E-state index < -0.39 is 23.1 Å². The molecule has 3 aromatic rings.